The second-order valence-electron chi connectivity index (χ2n) is 5.17. The van der Waals surface area contributed by atoms with E-state index in [4.69, 9.17) is 9.47 Å². The fourth-order valence-corrected chi connectivity index (χ4v) is 1.96. The second-order valence-corrected chi connectivity index (χ2v) is 7.86. The van der Waals surface area contributed by atoms with Gasteiger partial charge in [-0.2, -0.15) is 0 Å². The minimum atomic E-state index is -0.546. The largest absolute Gasteiger partial charge is 0.461 e. The normalized spacial score (nSPS) is 17.0. The maximum absolute atomic E-state index is 11.5. The van der Waals surface area contributed by atoms with Crippen LogP contribution in [-0.4, -0.2) is 53.1 Å². The highest BCUT2D eigenvalue weighted by Gasteiger charge is 2.25. The van der Waals surface area contributed by atoms with E-state index in [1.165, 1.54) is 6.42 Å². The molecule has 1 rings (SSSR count). The number of hydrogen-bond donors (Lipinski definition) is 0. The van der Waals surface area contributed by atoms with Crippen LogP contribution in [-0.2, 0) is 19.1 Å². The summed E-state index contributed by atoms with van der Waals surface area (Å²) in [6.07, 6.45) is 3.54. The number of nitrogens with zero attached hydrogens (tertiary/aromatic N) is 1. The van der Waals surface area contributed by atoms with Crippen molar-refractivity contribution in [1.82, 2.24) is 4.90 Å². The van der Waals surface area contributed by atoms with E-state index in [-0.39, 0.29) is 25.2 Å². The molecule has 1 fully saturated rings. The molecule has 0 saturated carbocycles. The van der Waals surface area contributed by atoms with Crippen molar-refractivity contribution in [2.24, 2.45) is 0 Å². The van der Waals surface area contributed by atoms with Gasteiger partial charge in [-0.05, 0) is 39.8 Å². The summed E-state index contributed by atoms with van der Waals surface area (Å²) in [5.74, 6) is -0.535. The molecular formula is C13H22INO4. The van der Waals surface area contributed by atoms with Crippen molar-refractivity contribution in [3.05, 3.63) is 0 Å². The molecule has 0 aromatic carbocycles. The summed E-state index contributed by atoms with van der Waals surface area (Å²) in [4.78, 5) is 25.1. The molecule has 19 heavy (non-hydrogen) atoms. The first-order valence-electron chi connectivity index (χ1n) is 6.64. The van der Waals surface area contributed by atoms with E-state index in [1.807, 2.05) is 22.6 Å². The van der Waals surface area contributed by atoms with Gasteiger partial charge in [0.15, 0.2) is 0 Å². The Hall–Kier alpha value is -0.370. The maximum Gasteiger partial charge on any atom is 0.321 e. The molecule has 0 spiro atoms. The monoisotopic (exact) mass is 383 g/mol. The van der Waals surface area contributed by atoms with E-state index in [0.717, 1.165) is 25.9 Å². The summed E-state index contributed by atoms with van der Waals surface area (Å²) < 4.78 is 9.51. The Balaban J connectivity index is 2.08. The molecule has 1 heterocycles. The molecule has 1 aliphatic heterocycles. The number of hydrogen-bond acceptors (Lipinski definition) is 5. The number of carbonyl (C=O) groups excluding carboxylic acids is 2. The molecule has 6 heteroatoms. The van der Waals surface area contributed by atoms with Crippen molar-refractivity contribution >= 4 is 34.5 Å². The number of rotatable bonds is 6. The van der Waals surface area contributed by atoms with Crippen LogP contribution >= 0.6 is 22.6 Å². The lowest BCUT2D eigenvalue weighted by Gasteiger charge is -2.25. The molecule has 0 aromatic rings. The van der Waals surface area contributed by atoms with Crippen LogP contribution in [0.4, 0.5) is 0 Å². The standard InChI is InChI=1S/C13H22INO4/c1-13(2,14)12(17)19-9-8-18-11(16)10-15-6-4-3-5-7-15/h3-10H2,1-2H3. The Morgan fingerprint density at radius 3 is 2.26 bits per heavy atom. The second kappa shape index (κ2) is 8.04. The number of ether oxygens (including phenoxy) is 2. The Kier molecular flexibility index (Phi) is 7.06. The molecule has 0 aliphatic carbocycles. The Morgan fingerprint density at radius 2 is 1.68 bits per heavy atom. The number of halogens is 1. The van der Waals surface area contributed by atoms with E-state index < -0.39 is 3.42 Å². The van der Waals surface area contributed by atoms with Crippen LogP contribution < -0.4 is 0 Å². The lowest BCUT2D eigenvalue weighted by Crippen LogP contribution is -2.35. The SMILES string of the molecule is CC(C)(I)C(=O)OCCOC(=O)CN1CCCCC1. The first-order chi connectivity index (χ1) is 8.89. The van der Waals surface area contributed by atoms with Crippen molar-refractivity contribution in [1.29, 1.82) is 0 Å². The highest BCUT2D eigenvalue weighted by atomic mass is 127. The molecule has 0 bridgehead atoms. The lowest BCUT2D eigenvalue weighted by molar-refractivity contribution is -0.153. The van der Waals surface area contributed by atoms with Gasteiger partial charge in [-0.15, -0.1) is 0 Å². The average molecular weight is 383 g/mol. The van der Waals surface area contributed by atoms with E-state index >= 15 is 0 Å². The minimum Gasteiger partial charge on any atom is -0.461 e. The van der Waals surface area contributed by atoms with Gasteiger partial charge < -0.3 is 9.47 Å². The lowest BCUT2D eigenvalue weighted by atomic mass is 10.1. The summed E-state index contributed by atoms with van der Waals surface area (Å²) >= 11 is 2.02. The van der Waals surface area contributed by atoms with Crippen LogP contribution in [0.3, 0.4) is 0 Å². The summed E-state index contributed by atoms with van der Waals surface area (Å²) in [5.41, 5.74) is 0. The molecule has 0 unspecified atom stereocenters. The Labute approximate surface area is 128 Å². The number of likely N-dealkylation sites (tertiary alicyclic amines) is 1. The van der Waals surface area contributed by atoms with Crippen molar-refractivity contribution in [2.75, 3.05) is 32.8 Å². The summed E-state index contributed by atoms with van der Waals surface area (Å²) in [6.45, 7) is 6.07. The zero-order valence-corrected chi connectivity index (χ0v) is 13.8. The molecule has 5 nitrogen and oxygen atoms in total. The summed E-state index contributed by atoms with van der Waals surface area (Å²) in [5, 5.41) is 0. The third-order valence-electron chi connectivity index (χ3n) is 2.87. The van der Waals surface area contributed by atoms with Crippen LogP contribution in [0, 0.1) is 0 Å². The van der Waals surface area contributed by atoms with Gasteiger partial charge in [-0.3, -0.25) is 14.5 Å². The quantitative estimate of drug-likeness (QED) is 0.303. The topological polar surface area (TPSA) is 55.8 Å². The minimum absolute atomic E-state index is 0.122. The predicted molar refractivity (Wildman–Crippen MR) is 80.3 cm³/mol. The van der Waals surface area contributed by atoms with E-state index in [1.54, 1.807) is 13.8 Å². The first-order valence-corrected chi connectivity index (χ1v) is 7.71. The van der Waals surface area contributed by atoms with Gasteiger partial charge >= 0.3 is 11.9 Å². The fourth-order valence-electron chi connectivity index (χ4n) is 1.81. The van der Waals surface area contributed by atoms with Crippen molar-refractivity contribution in [3.63, 3.8) is 0 Å². The van der Waals surface area contributed by atoms with Gasteiger partial charge in [0.05, 0.1) is 6.54 Å². The molecule has 0 N–H and O–H groups in total. The van der Waals surface area contributed by atoms with Crippen molar-refractivity contribution in [2.45, 2.75) is 36.5 Å². The Bertz CT molecular complexity index is 308. The van der Waals surface area contributed by atoms with E-state index in [2.05, 4.69) is 4.90 Å². The third kappa shape index (κ3) is 7.10. The molecule has 0 amide bonds. The molecule has 110 valence electrons. The van der Waals surface area contributed by atoms with E-state index in [0.29, 0.717) is 6.54 Å². The fraction of sp³-hybridized carbons (Fsp3) is 0.846. The molecule has 1 aliphatic rings. The van der Waals surface area contributed by atoms with Crippen molar-refractivity contribution < 1.29 is 19.1 Å². The van der Waals surface area contributed by atoms with Crippen LogP contribution in [0.5, 0.6) is 0 Å². The number of esters is 2. The van der Waals surface area contributed by atoms with Gasteiger partial charge in [-0.25, -0.2) is 0 Å². The zero-order valence-electron chi connectivity index (χ0n) is 11.6. The third-order valence-corrected chi connectivity index (χ3v) is 3.31. The first kappa shape index (κ1) is 16.7. The van der Waals surface area contributed by atoms with E-state index in [9.17, 15) is 9.59 Å². The molecule has 1 saturated heterocycles. The number of carbonyl (C=O) groups is 2. The zero-order chi connectivity index (χ0) is 14.3. The molecule has 0 radical (unpaired) electrons. The van der Waals surface area contributed by atoms with Gasteiger partial charge in [0, 0.05) is 0 Å². The van der Waals surface area contributed by atoms with Crippen molar-refractivity contribution in [3.8, 4) is 0 Å². The van der Waals surface area contributed by atoms with Gasteiger partial charge in [0.1, 0.15) is 16.6 Å². The molecule has 0 atom stereocenters. The van der Waals surface area contributed by atoms with Crippen LogP contribution in [0.1, 0.15) is 33.1 Å². The van der Waals surface area contributed by atoms with Crippen LogP contribution in [0.2, 0.25) is 0 Å². The van der Waals surface area contributed by atoms with Gasteiger partial charge in [0.2, 0.25) is 0 Å². The Morgan fingerprint density at radius 1 is 1.11 bits per heavy atom. The van der Waals surface area contributed by atoms with Gasteiger partial charge in [0.25, 0.3) is 0 Å². The maximum atomic E-state index is 11.5. The number of alkyl halides is 1. The summed E-state index contributed by atoms with van der Waals surface area (Å²) in [7, 11) is 0. The van der Waals surface area contributed by atoms with Crippen LogP contribution in [0.25, 0.3) is 0 Å². The molecular weight excluding hydrogens is 361 g/mol. The highest BCUT2D eigenvalue weighted by molar-refractivity contribution is 14.1. The summed E-state index contributed by atoms with van der Waals surface area (Å²) in [6, 6.07) is 0. The van der Waals surface area contributed by atoms with Gasteiger partial charge in [-0.1, -0.05) is 29.0 Å². The smallest absolute Gasteiger partial charge is 0.321 e. The predicted octanol–water partition coefficient (Wildman–Crippen LogP) is 1.77. The highest BCUT2D eigenvalue weighted by Crippen LogP contribution is 2.18. The average Bonchev–Trinajstić information content (AvgIpc) is 2.34. The number of piperidine rings is 1. The van der Waals surface area contributed by atoms with Crippen LogP contribution in [0.15, 0.2) is 0 Å². The molecule has 0 aromatic heterocycles.